The minimum atomic E-state index is -3.73. The summed E-state index contributed by atoms with van der Waals surface area (Å²) in [6.45, 7) is 7.80. The summed E-state index contributed by atoms with van der Waals surface area (Å²) in [5.41, 5.74) is 3.64. The first kappa shape index (κ1) is 33.0. The van der Waals surface area contributed by atoms with Gasteiger partial charge < -0.3 is 19.7 Å². The number of benzene rings is 2. The van der Waals surface area contributed by atoms with Gasteiger partial charge in [-0.3, -0.25) is 4.79 Å². The fourth-order valence-corrected chi connectivity index (χ4v) is 7.97. The largest absolute Gasteiger partial charge is 0.496 e. The van der Waals surface area contributed by atoms with Crippen LogP contribution in [-0.4, -0.2) is 82.6 Å². The Bertz CT molecular complexity index is 1260. The SMILES string of the molecule is CCN(CCOCC(=O)NC1CCC(CCc2ccccc2)(N(C)C)CC1)S(=O)(=O)c1c(C)cc(OC)c(C)c1C. The van der Waals surface area contributed by atoms with E-state index < -0.39 is 10.0 Å². The molecule has 0 heterocycles. The van der Waals surface area contributed by atoms with E-state index in [2.05, 4.69) is 54.6 Å². The number of carbonyl (C=O) groups excluding carboxylic acids is 1. The molecular formula is C32H49N3O5S. The molecule has 1 fully saturated rings. The number of nitrogens with zero attached hydrogens (tertiary/aromatic N) is 2. The number of methoxy groups -OCH3 is 1. The summed E-state index contributed by atoms with van der Waals surface area (Å²) >= 11 is 0. The molecule has 9 heteroatoms. The zero-order valence-corrected chi connectivity index (χ0v) is 26.8. The first-order valence-corrected chi connectivity index (χ1v) is 16.1. The molecule has 2 aromatic rings. The number of hydrogen-bond donors (Lipinski definition) is 1. The van der Waals surface area contributed by atoms with Crippen molar-refractivity contribution in [2.45, 2.75) is 82.7 Å². The van der Waals surface area contributed by atoms with Crippen molar-refractivity contribution in [3.05, 3.63) is 58.7 Å². The minimum Gasteiger partial charge on any atom is -0.496 e. The fraction of sp³-hybridized carbons (Fsp3) is 0.594. The number of rotatable bonds is 14. The van der Waals surface area contributed by atoms with Crippen molar-refractivity contribution in [1.29, 1.82) is 0 Å². The van der Waals surface area contributed by atoms with Crippen molar-refractivity contribution in [2.75, 3.05) is 47.5 Å². The van der Waals surface area contributed by atoms with E-state index in [0.29, 0.717) is 28.3 Å². The minimum absolute atomic E-state index is 0.0827. The maximum atomic E-state index is 13.5. The molecule has 0 aliphatic heterocycles. The molecule has 0 unspecified atom stereocenters. The normalized spacial score (nSPS) is 19.5. The summed E-state index contributed by atoms with van der Waals surface area (Å²) in [7, 11) is 2.18. The second-order valence-electron chi connectivity index (χ2n) is 11.5. The van der Waals surface area contributed by atoms with Crippen molar-refractivity contribution in [3.8, 4) is 5.75 Å². The van der Waals surface area contributed by atoms with Crippen LogP contribution in [0.1, 0.15) is 61.3 Å². The third-order valence-corrected chi connectivity index (χ3v) is 11.1. The van der Waals surface area contributed by atoms with Crippen LogP contribution in [0.25, 0.3) is 0 Å². The van der Waals surface area contributed by atoms with Crippen molar-refractivity contribution >= 4 is 15.9 Å². The number of nitrogens with one attached hydrogen (secondary N) is 1. The van der Waals surface area contributed by atoms with Gasteiger partial charge in [-0.2, -0.15) is 4.31 Å². The molecule has 0 spiro atoms. The highest BCUT2D eigenvalue weighted by atomic mass is 32.2. The Morgan fingerprint density at radius 1 is 1.07 bits per heavy atom. The Hall–Kier alpha value is -2.46. The molecule has 1 saturated carbocycles. The molecule has 0 radical (unpaired) electrons. The molecule has 1 N–H and O–H groups in total. The lowest BCUT2D eigenvalue weighted by molar-refractivity contribution is -0.126. The first-order valence-electron chi connectivity index (χ1n) is 14.7. The van der Waals surface area contributed by atoms with Crippen LogP contribution >= 0.6 is 0 Å². The molecule has 8 nitrogen and oxygen atoms in total. The monoisotopic (exact) mass is 587 g/mol. The third-order valence-electron chi connectivity index (χ3n) is 8.82. The number of aryl methyl sites for hydroxylation is 2. The summed E-state index contributed by atoms with van der Waals surface area (Å²) < 4.78 is 39.5. The standard InChI is InChI=1S/C32H49N3O5S/c1-8-35(41(37,38)31-24(2)22-29(39-7)25(3)26(31)4)20-21-40-23-30(36)33-28-15-18-32(19-16-28,34(5)6)17-14-27-12-10-9-11-13-27/h9-13,22,28H,8,14-21,23H2,1-7H3,(H,33,36). The zero-order valence-electron chi connectivity index (χ0n) is 26.0. The van der Waals surface area contributed by atoms with Gasteiger partial charge in [0.1, 0.15) is 12.4 Å². The zero-order chi connectivity index (χ0) is 30.2. The lowest BCUT2D eigenvalue weighted by Gasteiger charge is -2.45. The summed E-state index contributed by atoms with van der Waals surface area (Å²) in [5, 5.41) is 3.13. The van der Waals surface area contributed by atoms with Gasteiger partial charge in [0, 0.05) is 24.7 Å². The van der Waals surface area contributed by atoms with E-state index in [0.717, 1.165) is 44.1 Å². The van der Waals surface area contributed by atoms with Crippen molar-refractivity contribution < 1.29 is 22.7 Å². The molecule has 41 heavy (non-hydrogen) atoms. The van der Waals surface area contributed by atoms with E-state index in [1.165, 1.54) is 9.87 Å². The van der Waals surface area contributed by atoms with E-state index in [9.17, 15) is 13.2 Å². The highest BCUT2D eigenvalue weighted by Gasteiger charge is 2.37. The molecule has 0 atom stereocenters. The van der Waals surface area contributed by atoms with Gasteiger partial charge in [0.15, 0.2) is 0 Å². The van der Waals surface area contributed by atoms with Crippen LogP contribution in [0, 0.1) is 20.8 Å². The van der Waals surface area contributed by atoms with Gasteiger partial charge >= 0.3 is 0 Å². The molecule has 228 valence electrons. The van der Waals surface area contributed by atoms with E-state index in [1.807, 2.05) is 20.8 Å². The lowest BCUT2D eigenvalue weighted by Crippen LogP contribution is -2.51. The molecule has 1 aliphatic carbocycles. The highest BCUT2D eigenvalue weighted by molar-refractivity contribution is 7.89. The van der Waals surface area contributed by atoms with Crippen LogP contribution in [0.2, 0.25) is 0 Å². The predicted octanol–water partition coefficient (Wildman–Crippen LogP) is 4.64. The average molecular weight is 588 g/mol. The predicted molar refractivity (Wildman–Crippen MR) is 164 cm³/mol. The van der Waals surface area contributed by atoms with Gasteiger partial charge in [-0.05, 0) is 102 Å². The second kappa shape index (κ2) is 14.6. The van der Waals surface area contributed by atoms with Crippen molar-refractivity contribution in [2.24, 2.45) is 0 Å². The molecule has 3 rings (SSSR count). The van der Waals surface area contributed by atoms with Gasteiger partial charge in [-0.25, -0.2) is 8.42 Å². The van der Waals surface area contributed by atoms with Crippen LogP contribution in [0.4, 0.5) is 0 Å². The second-order valence-corrected chi connectivity index (χ2v) is 13.3. The van der Waals surface area contributed by atoms with Crippen molar-refractivity contribution in [3.63, 3.8) is 0 Å². The quantitative estimate of drug-likeness (QED) is 0.324. The molecule has 0 saturated heterocycles. The van der Waals surface area contributed by atoms with E-state index in [4.69, 9.17) is 9.47 Å². The van der Waals surface area contributed by atoms with Gasteiger partial charge in [-0.1, -0.05) is 37.3 Å². The average Bonchev–Trinajstić information content (AvgIpc) is 2.95. The summed E-state index contributed by atoms with van der Waals surface area (Å²) in [5.74, 6) is 0.522. The van der Waals surface area contributed by atoms with Crippen molar-refractivity contribution in [1.82, 2.24) is 14.5 Å². The Morgan fingerprint density at radius 3 is 2.32 bits per heavy atom. The lowest BCUT2D eigenvalue weighted by atomic mass is 9.75. The molecule has 2 aromatic carbocycles. The smallest absolute Gasteiger partial charge is 0.246 e. The maximum Gasteiger partial charge on any atom is 0.246 e. The van der Waals surface area contributed by atoms with Gasteiger partial charge in [0.25, 0.3) is 0 Å². The Balaban J connectivity index is 1.47. The van der Waals surface area contributed by atoms with Crippen LogP contribution in [0.15, 0.2) is 41.3 Å². The molecule has 1 amide bonds. The Labute approximate surface area is 247 Å². The fourth-order valence-electron chi connectivity index (χ4n) is 6.05. The van der Waals surface area contributed by atoms with E-state index in [-0.39, 0.29) is 37.2 Å². The molecule has 1 aliphatic rings. The highest BCUT2D eigenvalue weighted by Crippen LogP contribution is 2.36. The Morgan fingerprint density at radius 2 is 1.73 bits per heavy atom. The summed E-state index contributed by atoms with van der Waals surface area (Å²) in [6, 6.07) is 12.5. The van der Waals surface area contributed by atoms with Crippen LogP contribution < -0.4 is 10.1 Å². The number of ether oxygens (including phenoxy) is 2. The van der Waals surface area contributed by atoms with Gasteiger partial charge in [-0.15, -0.1) is 0 Å². The van der Waals surface area contributed by atoms with E-state index >= 15 is 0 Å². The van der Waals surface area contributed by atoms with Gasteiger partial charge in [0.2, 0.25) is 15.9 Å². The number of sulfonamides is 1. The van der Waals surface area contributed by atoms with Crippen LogP contribution in [-0.2, 0) is 26.0 Å². The molecule has 0 aromatic heterocycles. The van der Waals surface area contributed by atoms with E-state index in [1.54, 1.807) is 20.1 Å². The Kier molecular flexibility index (Phi) is 11.8. The molecule has 0 bridgehead atoms. The molecular weight excluding hydrogens is 538 g/mol. The number of hydrogen-bond acceptors (Lipinski definition) is 6. The summed E-state index contributed by atoms with van der Waals surface area (Å²) in [4.78, 5) is 15.3. The van der Waals surface area contributed by atoms with Crippen LogP contribution in [0.3, 0.4) is 0 Å². The first-order chi connectivity index (χ1) is 19.4. The maximum absolute atomic E-state index is 13.5. The number of amides is 1. The third kappa shape index (κ3) is 8.09. The topological polar surface area (TPSA) is 88.2 Å². The number of likely N-dealkylation sites (N-methyl/N-ethyl adjacent to an activating group) is 1. The summed E-state index contributed by atoms with van der Waals surface area (Å²) in [6.07, 6.45) is 6.07. The van der Waals surface area contributed by atoms with Crippen LogP contribution in [0.5, 0.6) is 5.75 Å². The number of carbonyl (C=O) groups is 1. The van der Waals surface area contributed by atoms with Gasteiger partial charge in [0.05, 0.1) is 18.6 Å².